The van der Waals surface area contributed by atoms with Gasteiger partial charge in [0.05, 0.1) is 12.8 Å². The van der Waals surface area contributed by atoms with Crippen LogP contribution in [0, 0.1) is 0 Å². The molecule has 0 fully saturated rings. The number of furan rings is 1. The Bertz CT molecular complexity index is 616. The average Bonchev–Trinajstić information content (AvgIpc) is 3.24. The van der Waals surface area contributed by atoms with Gasteiger partial charge in [0, 0.05) is 30.8 Å². The largest absolute Gasteiger partial charge is 0.469 e. The molecule has 0 amide bonds. The lowest BCUT2D eigenvalue weighted by Crippen LogP contribution is -2.39. The van der Waals surface area contributed by atoms with Gasteiger partial charge < -0.3 is 15.1 Å². The second-order valence-corrected chi connectivity index (χ2v) is 6.53. The number of halogens is 4. The van der Waals surface area contributed by atoms with Gasteiger partial charge in [0.15, 0.2) is 5.96 Å². The van der Waals surface area contributed by atoms with Crippen LogP contribution in [0.3, 0.4) is 0 Å². The van der Waals surface area contributed by atoms with Gasteiger partial charge in [-0.15, -0.1) is 35.3 Å². The number of unbranched alkanes of at least 4 members (excludes halogenated alkanes) is 1. The molecule has 2 aromatic rings. The topological polar surface area (TPSA) is 49.6 Å². The molecular formula is C17H23F3IN3OS. The van der Waals surface area contributed by atoms with Crippen LogP contribution in [0.5, 0.6) is 0 Å². The van der Waals surface area contributed by atoms with Crippen LogP contribution in [0.1, 0.15) is 29.9 Å². The third-order valence-electron chi connectivity index (χ3n) is 3.40. The normalized spacial score (nSPS) is 11.9. The molecule has 9 heteroatoms. The van der Waals surface area contributed by atoms with E-state index in [1.807, 2.05) is 29.6 Å². The number of hydrogen-bond acceptors (Lipinski definition) is 3. The molecule has 146 valence electrons. The molecule has 4 nitrogen and oxygen atoms in total. The summed E-state index contributed by atoms with van der Waals surface area (Å²) in [6.07, 6.45) is -1.95. The molecule has 0 saturated heterocycles. The summed E-state index contributed by atoms with van der Waals surface area (Å²) in [5.41, 5.74) is 0. The Morgan fingerprint density at radius 1 is 1.12 bits per heavy atom. The predicted octanol–water partition coefficient (Wildman–Crippen LogP) is 4.97. The van der Waals surface area contributed by atoms with E-state index in [2.05, 4.69) is 15.6 Å². The van der Waals surface area contributed by atoms with Crippen molar-refractivity contribution in [3.63, 3.8) is 0 Å². The van der Waals surface area contributed by atoms with Gasteiger partial charge in [0.1, 0.15) is 5.76 Å². The number of hydrogen-bond donors (Lipinski definition) is 2. The van der Waals surface area contributed by atoms with Crippen molar-refractivity contribution < 1.29 is 17.6 Å². The van der Waals surface area contributed by atoms with Gasteiger partial charge in [-0.05, 0) is 36.4 Å². The summed E-state index contributed by atoms with van der Waals surface area (Å²) in [6, 6.07) is 7.69. The molecule has 0 radical (unpaired) electrons. The summed E-state index contributed by atoms with van der Waals surface area (Å²) in [6.45, 7) is 1.62. The minimum absolute atomic E-state index is 0. The third-order valence-corrected chi connectivity index (χ3v) is 4.26. The fraction of sp³-hybridized carbons (Fsp3) is 0.471. The Hall–Kier alpha value is -1.23. The number of aliphatic imine (C=N–C) groups is 1. The van der Waals surface area contributed by atoms with Crippen LogP contribution >= 0.6 is 35.3 Å². The van der Waals surface area contributed by atoms with Gasteiger partial charge in [-0.3, -0.25) is 0 Å². The number of rotatable bonds is 9. The highest BCUT2D eigenvalue weighted by atomic mass is 127. The van der Waals surface area contributed by atoms with Crippen molar-refractivity contribution in [2.24, 2.45) is 4.99 Å². The first-order valence-corrected chi connectivity index (χ1v) is 9.04. The molecule has 2 aromatic heterocycles. The van der Waals surface area contributed by atoms with Crippen molar-refractivity contribution in [1.29, 1.82) is 0 Å². The van der Waals surface area contributed by atoms with E-state index in [0.717, 1.165) is 10.6 Å². The molecule has 0 spiro atoms. The first-order chi connectivity index (χ1) is 12.0. The average molecular weight is 501 g/mol. The van der Waals surface area contributed by atoms with Crippen LogP contribution in [0.2, 0.25) is 0 Å². The van der Waals surface area contributed by atoms with Crippen LogP contribution < -0.4 is 10.6 Å². The number of guanidine groups is 1. The fourth-order valence-corrected chi connectivity index (χ4v) is 2.78. The lowest BCUT2D eigenvalue weighted by molar-refractivity contribution is -0.135. The van der Waals surface area contributed by atoms with Gasteiger partial charge in [-0.2, -0.15) is 13.2 Å². The smallest absolute Gasteiger partial charge is 0.389 e. The van der Waals surface area contributed by atoms with Crippen molar-refractivity contribution in [2.45, 2.75) is 38.4 Å². The summed E-state index contributed by atoms with van der Waals surface area (Å²) < 4.78 is 41.7. The molecule has 0 bridgehead atoms. The zero-order chi connectivity index (χ0) is 18.0. The van der Waals surface area contributed by atoms with Gasteiger partial charge >= 0.3 is 6.18 Å². The maximum absolute atomic E-state index is 12.2. The van der Waals surface area contributed by atoms with Crippen molar-refractivity contribution >= 4 is 41.3 Å². The standard InChI is InChI=1S/C17H22F3N3OS.HI/c18-17(19,20)8-1-2-9-21-16(23-13-15-6-4-12-25-15)22-10-7-14-5-3-11-24-14;/h3-6,11-12H,1-2,7-10,13H2,(H2,21,22,23);1H. The van der Waals surface area contributed by atoms with Gasteiger partial charge in [-0.25, -0.2) is 4.99 Å². The molecule has 2 rings (SSSR count). The van der Waals surface area contributed by atoms with Crippen molar-refractivity contribution in [3.05, 3.63) is 46.5 Å². The van der Waals surface area contributed by atoms with E-state index in [1.54, 1.807) is 17.6 Å². The lowest BCUT2D eigenvalue weighted by atomic mass is 10.2. The minimum atomic E-state index is -4.09. The number of thiophene rings is 1. The first kappa shape index (κ1) is 22.8. The monoisotopic (exact) mass is 501 g/mol. The van der Waals surface area contributed by atoms with E-state index in [9.17, 15) is 13.2 Å². The van der Waals surface area contributed by atoms with Crippen molar-refractivity contribution in [1.82, 2.24) is 10.6 Å². The third kappa shape index (κ3) is 10.0. The Balaban J connectivity index is 0.00000338. The van der Waals surface area contributed by atoms with Gasteiger partial charge in [-0.1, -0.05) is 6.07 Å². The van der Waals surface area contributed by atoms with Gasteiger partial charge in [0.2, 0.25) is 0 Å². The van der Waals surface area contributed by atoms with Crippen molar-refractivity contribution in [2.75, 3.05) is 13.1 Å². The second-order valence-electron chi connectivity index (χ2n) is 5.50. The lowest BCUT2D eigenvalue weighted by Gasteiger charge is -2.12. The van der Waals surface area contributed by atoms with Crippen LogP contribution in [0.25, 0.3) is 0 Å². The number of alkyl halides is 3. The van der Waals surface area contributed by atoms with E-state index in [0.29, 0.717) is 38.4 Å². The molecule has 0 aliphatic heterocycles. The molecule has 26 heavy (non-hydrogen) atoms. The molecule has 0 saturated carbocycles. The SMILES string of the molecule is FC(F)(F)CCCCNC(=NCc1cccs1)NCCc1ccco1.I. The highest BCUT2D eigenvalue weighted by molar-refractivity contribution is 14.0. The molecule has 2 N–H and O–H groups in total. The van der Waals surface area contributed by atoms with E-state index in [-0.39, 0.29) is 30.4 Å². The zero-order valence-electron chi connectivity index (χ0n) is 14.2. The molecular weight excluding hydrogens is 478 g/mol. The van der Waals surface area contributed by atoms with Crippen LogP contribution in [-0.4, -0.2) is 25.2 Å². The molecule has 0 aliphatic carbocycles. The first-order valence-electron chi connectivity index (χ1n) is 8.16. The molecule has 0 aliphatic rings. The van der Waals surface area contributed by atoms with E-state index < -0.39 is 12.6 Å². The highest BCUT2D eigenvalue weighted by Crippen LogP contribution is 2.21. The number of nitrogens with one attached hydrogen (secondary N) is 2. The summed E-state index contributed by atoms with van der Waals surface area (Å²) in [5.74, 6) is 1.47. The fourth-order valence-electron chi connectivity index (χ4n) is 2.15. The summed E-state index contributed by atoms with van der Waals surface area (Å²) in [7, 11) is 0. The molecule has 0 atom stereocenters. The maximum atomic E-state index is 12.2. The highest BCUT2D eigenvalue weighted by Gasteiger charge is 2.25. The van der Waals surface area contributed by atoms with Gasteiger partial charge in [0.25, 0.3) is 0 Å². The number of nitrogens with zero attached hydrogens (tertiary/aromatic N) is 1. The summed E-state index contributed by atoms with van der Waals surface area (Å²) >= 11 is 1.62. The summed E-state index contributed by atoms with van der Waals surface area (Å²) in [5, 5.41) is 8.27. The Morgan fingerprint density at radius 2 is 1.92 bits per heavy atom. The second kappa shape index (κ2) is 12.2. The van der Waals surface area contributed by atoms with Crippen LogP contribution in [0.4, 0.5) is 13.2 Å². The molecule has 2 heterocycles. The predicted molar refractivity (Wildman–Crippen MR) is 109 cm³/mol. The van der Waals surface area contributed by atoms with Crippen LogP contribution in [0.15, 0.2) is 45.3 Å². The van der Waals surface area contributed by atoms with E-state index in [4.69, 9.17) is 4.42 Å². The Labute approximate surface area is 172 Å². The quantitative estimate of drug-likeness (QED) is 0.221. The maximum Gasteiger partial charge on any atom is 0.389 e. The summed E-state index contributed by atoms with van der Waals surface area (Å²) in [4.78, 5) is 5.61. The molecule has 0 unspecified atom stereocenters. The van der Waals surface area contributed by atoms with E-state index >= 15 is 0 Å². The van der Waals surface area contributed by atoms with Crippen LogP contribution in [-0.2, 0) is 13.0 Å². The van der Waals surface area contributed by atoms with E-state index in [1.165, 1.54) is 0 Å². The molecule has 0 aromatic carbocycles. The zero-order valence-corrected chi connectivity index (χ0v) is 17.4. The Morgan fingerprint density at radius 3 is 2.58 bits per heavy atom. The minimum Gasteiger partial charge on any atom is -0.469 e. The Kier molecular flexibility index (Phi) is 10.7. The van der Waals surface area contributed by atoms with Crippen molar-refractivity contribution in [3.8, 4) is 0 Å².